The number of hydrogen-bond acceptors (Lipinski definition) is 6. The molecule has 164 valence electrons. The van der Waals surface area contributed by atoms with Gasteiger partial charge in [-0.05, 0) is 55.3 Å². The van der Waals surface area contributed by atoms with Gasteiger partial charge >= 0.3 is 6.03 Å². The molecule has 0 aliphatic carbocycles. The van der Waals surface area contributed by atoms with Gasteiger partial charge in [-0.1, -0.05) is 30.8 Å². The molecular weight excluding hydrogens is 424 g/mol. The van der Waals surface area contributed by atoms with E-state index < -0.39 is 0 Å². The predicted octanol–water partition coefficient (Wildman–Crippen LogP) is 4.48. The molecule has 0 saturated heterocycles. The molecule has 0 aliphatic heterocycles. The molecule has 0 spiro atoms. The third-order valence-corrected chi connectivity index (χ3v) is 6.07. The van der Waals surface area contributed by atoms with Crippen LogP contribution in [0.1, 0.15) is 23.7 Å². The highest BCUT2D eigenvalue weighted by molar-refractivity contribution is 7.99. The van der Waals surface area contributed by atoms with Crippen molar-refractivity contribution < 1.29 is 9.53 Å². The quantitative estimate of drug-likeness (QED) is 0.405. The Kier molecular flexibility index (Phi) is 6.55. The number of ether oxygens (including phenoxy) is 1. The fourth-order valence-electron chi connectivity index (χ4n) is 3.32. The summed E-state index contributed by atoms with van der Waals surface area (Å²) in [6.07, 6.45) is 2.37. The molecule has 8 nitrogen and oxygen atoms in total. The van der Waals surface area contributed by atoms with Crippen molar-refractivity contribution in [2.75, 3.05) is 12.4 Å². The first-order valence-electron chi connectivity index (χ1n) is 10.2. The summed E-state index contributed by atoms with van der Waals surface area (Å²) in [4.78, 5) is 22.0. The Hall–Kier alpha value is -3.59. The van der Waals surface area contributed by atoms with Crippen LogP contribution in [0, 0.1) is 6.92 Å². The van der Waals surface area contributed by atoms with Crippen molar-refractivity contribution >= 4 is 29.3 Å². The maximum Gasteiger partial charge on any atom is 0.319 e. The van der Waals surface area contributed by atoms with Crippen LogP contribution in [0.15, 0.2) is 64.8 Å². The molecule has 2 aromatic heterocycles. The number of anilines is 1. The van der Waals surface area contributed by atoms with Crippen molar-refractivity contribution in [1.82, 2.24) is 24.9 Å². The molecule has 2 N–H and O–H groups in total. The van der Waals surface area contributed by atoms with Crippen molar-refractivity contribution in [3.05, 3.63) is 71.7 Å². The van der Waals surface area contributed by atoms with E-state index in [1.54, 1.807) is 23.4 Å². The van der Waals surface area contributed by atoms with E-state index >= 15 is 0 Å². The van der Waals surface area contributed by atoms with Crippen molar-refractivity contribution in [2.45, 2.75) is 36.7 Å². The molecule has 2 amide bonds. The summed E-state index contributed by atoms with van der Waals surface area (Å²) in [6, 6.07) is 15.0. The zero-order valence-corrected chi connectivity index (χ0v) is 18.9. The average molecular weight is 449 g/mol. The minimum absolute atomic E-state index is 0.268. The number of aromatic nitrogens is 4. The van der Waals surface area contributed by atoms with E-state index in [2.05, 4.69) is 32.6 Å². The topological polar surface area (TPSA) is 93.4 Å². The van der Waals surface area contributed by atoms with Gasteiger partial charge in [0.15, 0.2) is 0 Å². The first-order chi connectivity index (χ1) is 15.6. The zero-order chi connectivity index (χ0) is 22.5. The van der Waals surface area contributed by atoms with Crippen LogP contribution in [0.25, 0.3) is 5.78 Å². The Bertz CT molecular complexity index is 1240. The lowest BCUT2D eigenvalue weighted by Crippen LogP contribution is -2.28. The van der Waals surface area contributed by atoms with Crippen LogP contribution in [-0.4, -0.2) is 32.7 Å². The number of carbonyl (C=O) groups excluding carboxylic acids is 1. The van der Waals surface area contributed by atoms with Crippen molar-refractivity contribution in [2.24, 2.45) is 0 Å². The Morgan fingerprint density at radius 3 is 2.75 bits per heavy atom. The number of fused-ring (bicyclic) bond motifs is 1. The number of benzene rings is 2. The molecule has 9 heteroatoms. The highest BCUT2D eigenvalue weighted by atomic mass is 32.2. The van der Waals surface area contributed by atoms with Gasteiger partial charge in [0.2, 0.25) is 0 Å². The lowest BCUT2D eigenvalue weighted by atomic mass is 10.2. The molecule has 0 fully saturated rings. The van der Waals surface area contributed by atoms with Crippen molar-refractivity contribution in [3.8, 4) is 5.75 Å². The van der Waals surface area contributed by atoms with E-state index in [1.807, 2.05) is 55.5 Å². The number of nitrogens with zero attached hydrogens (tertiary/aromatic N) is 4. The average Bonchev–Trinajstić information content (AvgIpc) is 3.27. The van der Waals surface area contributed by atoms with Gasteiger partial charge in [0.05, 0.1) is 7.11 Å². The summed E-state index contributed by atoms with van der Waals surface area (Å²) in [7, 11) is 1.62. The van der Waals surface area contributed by atoms with E-state index in [0.717, 1.165) is 38.9 Å². The van der Waals surface area contributed by atoms with Gasteiger partial charge in [0.1, 0.15) is 17.1 Å². The van der Waals surface area contributed by atoms with Crippen molar-refractivity contribution in [1.29, 1.82) is 0 Å². The molecule has 2 aromatic carbocycles. The molecule has 4 aromatic rings. The van der Waals surface area contributed by atoms with Crippen LogP contribution in [0.5, 0.6) is 5.75 Å². The molecule has 0 unspecified atom stereocenters. The Morgan fingerprint density at radius 2 is 2.00 bits per heavy atom. The standard InChI is InChI=1S/C23H24N6O2S/c1-4-20-15(2)27-22-25-14-26-29(22)21(20)32-19-10-8-17(9-11-19)28-23(30)24-13-16-6-5-7-18(12-16)31-3/h5-12,14H,4,13H2,1-3H3,(H2,24,28,30). The van der Waals surface area contributed by atoms with Crippen LogP contribution in [0.4, 0.5) is 10.5 Å². The molecule has 0 aliphatic rings. The minimum Gasteiger partial charge on any atom is -0.497 e. The first kappa shape index (κ1) is 21.6. The largest absolute Gasteiger partial charge is 0.497 e. The lowest BCUT2D eigenvalue weighted by molar-refractivity contribution is 0.251. The van der Waals surface area contributed by atoms with Gasteiger partial charge in [0.25, 0.3) is 5.78 Å². The minimum atomic E-state index is -0.268. The SMILES string of the molecule is CCc1c(C)nc2ncnn2c1Sc1ccc(NC(=O)NCc2cccc(OC)c2)cc1. The maximum atomic E-state index is 12.3. The predicted molar refractivity (Wildman–Crippen MR) is 124 cm³/mol. The molecule has 0 radical (unpaired) electrons. The number of urea groups is 1. The van der Waals surface area contributed by atoms with E-state index in [-0.39, 0.29) is 6.03 Å². The molecule has 32 heavy (non-hydrogen) atoms. The third-order valence-electron chi connectivity index (χ3n) is 4.95. The normalized spacial score (nSPS) is 10.8. The maximum absolute atomic E-state index is 12.3. The van der Waals surface area contributed by atoms with Crippen LogP contribution in [0.2, 0.25) is 0 Å². The molecule has 0 bridgehead atoms. The van der Waals surface area contributed by atoms with Gasteiger partial charge in [-0.15, -0.1) is 0 Å². The Morgan fingerprint density at radius 1 is 1.19 bits per heavy atom. The van der Waals surface area contributed by atoms with Gasteiger partial charge in [-0.2, -0.15) is 14.6 Å². The molecular formula is C23H24N6O2S. The fourth-order valence-corrected chi connectivity index (χ4v) is 4.45. The van der Waals surface area contributed by atoms with Gasteiger partial charge < -0.3 is 15.4 Å². The lowest BCUT2D eigenvalue weighted by Gasteiger charge is -2.12. The van der Waals surface area contributed by atoms with Crippen molar-refractivity contribution in [3.63, 3.8) is 0 Å². The van der Waals surface area contributed by atoms with E-state index in [4.69, 9.17) is 4.74 Å². The second kappa shape index (κ2) is 9.69. The van der Waals surface area contributed by atoms with Gasteiger partial charge in [-0.3, -0.25) is 0 Å². The number of hydrogen-bond donors (Lipinski definition) is 2. The molecule has 4 rings (SSSR count). The third kappa shape index (κ3) is 4.83. The number of rotatable bonds is 7. The molecule has 0 atom stereocenters. The van der Waals surface area contributed by atoms with Crippen LogP contribution >= 0.6 is 11.8 Å². The zero-order valence-electron chi connectivity index (χ0n) is 18.1. The van der Waals surface area contributed by atoms with Crippen LogP contribution in [-0.2, 0) is 13.0 Å². The first-order valence-corrected chi connectivity index (χ1v) is 11.0. The summed E-state index contributed by atoms with van der Waals surface area (Å²) >= 11 is 1.61. The van der Waals surface area contributed by atoms with Gasteiger partial charge in [-0.25, -0.2) is 9.78 Å². The summed E-state index contributed by atoms with van der Waals surface area (Å²) in [6.45, 7) is 4.51. The summed E-state index contributed by atoms with van der Waals surface area (Å²) in [5.74, 6) is 1.35. The fraction of sp³-hybridized carbons (Fsp3) is 0.217. The monoisotopic (exact) mass is 448 g/mol. The Balaban J connectivity index is 1.41. The van der Waals surface area contributed by atoms with E-state index in [0.29, 0.717) is 18.0 Å². The molecule has 0 saturated carbocycles. The molecule has 2 heterocycles. The Labute approximate surface area is 190 Å². The number of amides is 2. The summed E-state index contributed by atoms with van der Waals surface area (Å²) < 4.78 is 6.98. The second-order valence-electron chi connectivity index (χ2n) is 7.09. The number of aryl methyl sites for hydroxylation is 1. The smallest absolute Gasteiger partial charge is 0.319 e. The van der Waals surface area contributed by atoms with E-state index in [9.17, 15) is 4.79 Å². The number of carbonyl (C=O) groups is 1. The second-order valence-corrected chi connectivity index (χ2v) is 8.15. The number of nitrogens with one attached hydrogen (secondary N) is 2. The summed E-state index contributed by atoms with van der Waals surface area (Å²) in [5.41, 5.74) is 3.78. The van der Waals surface area contributed by atoms with E-state index in [1.165, 1.54) is 6.33 Å². The van der Waals surface area contributed by atoms with Crippen LogP contribution < -0.4 is 15.4 Å². The highest BCUT2D eigenvalue weighted by Gasteiger charge is 2.14. The highest BCUT2D eigenvalue weighted by Crippen LogP contribution is 2.32. The summed E-state index contributed by atoms with van der Waals surface area (Å²) in [5, 5.41) is 11.0. The van der Waals surface area contributed by atoms with Crippen LogP contribution in [0.3, 0.4) is 0 Å². The van der Waals surface area contributed by atoms with Gasteiger partial charge in [0, 0.05) is 28.4 Å². The number of methoxy groups -OCH3 is 1.